The van der Waals surface area contributed by atoms with Crippen LogP contribution in [0.3, 0.4) is 0 Å². The van der Waals surface area contributed by atoms with Crippen molar-refractivity contribution in [1.29, 1.82) is 0 Å². The number of rotatable bonds is 0. The van der Waals surface area contributed by atoms with Crippen molar-refractivity contribution in [1.82, 2.24) is 9.97 Å². The van der Waals surface area contributed by atoms with Crippen molar-refractivity contribution in [3.8, 4) is 0 Å². The van der Waals surface area contributed by atoms with E-state index < -0.39 is 11.2 Å². The van der Waals surface area contributed by atoms with Crippen LogP contribution in [0.25, 0.3) is 0 Å². The normalized spacial score (nSPS) is 9.44. The Morgan fingerprint density at radius 3 is 2.56 bits per heavy atom. The fourth-order valence-corrected chi connectivity index (χ4v) is 0.556. The molecule has 2 N–H and O–H groups in total. The summed E-state index contributed by atoms with van der Waals surface area (Å²) in [6, 6.07) is 0. The van der Waals surface area contributed by atoms with Crippen LogP contribution in [0.4, 0.5) is 0 Å². The first kappa shape index (κ1) is 6.28. The topological polar surface area (TPSA) is 65.7 Å². The average molecular weight is 190 g/mol. The summed E-state index contributed by atoms with van der Waals surface area (Å²) in [5.74, 6) is 0. The molecule has 0 fully saturated rings. The zero-order valence-corrected chi connectivity index (χ0v) is 5.78. The zero-order chi connectivity index (χ0) is 6.85. The standard InChI is InChI=1S/C4H2BrN2O2/c5-2-1-6-4(9)7-3(2)8/h(H2,6,7,8,9)/q-1. The monoisotopic (exact) mass is 189 g/mol. The highest BCUT2D eigenvalue weighted by molar-refractivity contribution is 9.10. The van der Waals surface area contributed by atoms with E-state index in [1.807, 2.05) is 4.98 Å². The summed E-state index contributed by atoms with van der Waals surface area (Å²) < 4.78 is 0.196. The van der Waals surface area contributed by atoms with Gasteiger partial charge in [-0.3, -0.25) is 0 Å². The van der Waals surface area contributed by atoms with Crippen molar-refractivity contribution in [2.75, 3.05) is 0 Å². The molecule has 0 atom stereocenters. The van der Waals surface area contributed by atoms with Crippen molar-refractivity contribution in [3.63, 3.8) is 0 Å². The lowest BCUT2D eigenvalue weighted by Gasteiger charge is -1.93. The van der Waals surface area contributed by atoms with E-state index in [9.17, 15) is 9.59 Å². The van der Waals surface area contributed by atoms with Gasteiger partial charge in [-0.1, -0.05) is 22.1 Å². The van der Waals surface area contributed by atoms with E-state index in [2.05, 4.69) is 27.1 Å². The van der Waals surface area contributed by atoms with Crippen molar-refractivity contribution < 1.29 is 0 Å². The number of hydrogen-bond acceptors (Lipinski definition) is 2. The van der Waals surface area contributed by atoms with Gasteiger partial charge in [-0.2, -0.15) is 0 Å². The van der Waals surface area contributed by atoms with Crippen LogP contribution in [0.2, 0.25) is 0 Å². The summed E-state index contributed by atoms with van der Waals surface area (Å²) in [4.78, 5) is 24.9. The Kier molecular flexibility index (Phi) is 1.52. The van der Waals surface area contributed by atoms with Crippen LogP contribution in [0, 0.1) is 6.20 Å². The Morgan fingerprint density at radius 2 is 2.11 bits per heavy atom. The largest absolute Gasteiger partial charge is 0.421 e. The summed E-state index contributed by atoms with van der Waals surface area (Å²) in [6.07, 6.45) is 2.30. The number of halogens is 1. The lowest BCUT2D eigenvalue weighted by molar-refractivity contribution is 1.01. The first-order valence-electron chi connectivity index (χ1n) is 2.10. The molecule has 9 heavy (non-hydrogen) atoms. The molecule has 1 aromatic heterocycles. The van der Waals surface area contributed by atoms with Gasteiger partial charge in [0.05, 0.1) is 0 Å². The molecule has 5 heteroatoms. The van der Waals surface area contributed by atoms with E-state index in [1.165, 1.54) is 0 Å². The Balaban J connectivity index is 3.52. The minimum atomic E-state index is -0.553. The highest BCUT2D eigenvalue weighted by Gasteiger charge is 1.80. The molecule has 1 rings (SSSR count). The molecular formula is C4H2BrN2O2-. The molecule has 0 radical (unpaired) electrons. The molecule has 0 aliphatic rings. The molecule has 1 aromatic rings. The van der Waals surface area contributed by atoms with Gasteiger partial charge < -0.3 is 19.6 Å². The first-order valence-corrected chi connectivity index (χ1v) is 2.89. The molecule has 0 bridgehead atoms. The maximum Gasteiger partial charge on any atom is 0.210 e. The molecule has 1 heterocycles. The van der Waals surface area contributed by atoms with Crippen molar-refractivity contribution in [2.24, 2.45) is 0 Å². The third-order valence-electron chi connectivity index (χ3n) is 0.712. The second-order valence-electron chi connectivity index (χ2n) is 1.35. The highest BCUT2D eigenvalue weighted by Crippen LogP contribution is 1.92. The molecule has 0 saturated heterocycles. The molecule has 0 amide bonds. The van der Waals surface area contributed by atoms with Gasteiger partial charge in [0.15, 0.2) is 5.56 Å². The summed E-state index contributed by atoms with van der Waals surface area (Å²) in [5, 5.41) is 0. The molecule has 0 spiro atoms. The average Bonchev–Trinajstić information content (AvgIpc) is 1.80. The van der Waals surface area contributed by atoms with Crippen LogP contribution in [0.1, 0.15) is 0 Å². The maximum atomic E-state index is 10.5. The molecule has 0 aliphatic heterocycles. The van der Waals surface area contributed by atoms with Gasteiger partial charge in [-0.15, -0.1) is 0 Å². The van der Waals surface area contributed by atoms with Gasteiger partial charge >= 0.3 is 0 Å². The second-order valence-corrected chi connectivity index (χ2v) is 2.14. The second kappa shape index (κ2) is 2.18. The molecule has 4 nitrogen and oxygen atoms in total. The van der Waals surface area contributed by atoms with Crippen LogP contribution in [-0.2, 0) is 0 Å². The van der Waals surface area contributed by atoms with E-state index in [1.54, 1.807) is 0 Å². The predicted molar refractivity (Wildman–Crippen MR) is 34.2 cm³/mol. The zero-order valence-electron chi connectivity index (χ0n) is 4.19. The summed E-state index contributed by atoms with van der Waals surface area (Å²) in [7, 11) is 0. The van der Waals surface area contributed by atoms with Crippen LogP contribution >= 0.6 is 15.9 Å². The van der Waals surface area contributed by atoms with Crippen LogP contribution in [-0.4, -0.2) is 9.97 Å². The van der Waals surface area contributed by atoms with Crippen molar-refractivity contribution >= 4 is 15.9 Å². The number of hydrogen-bond donors (Lipinski definition) is 2. The van der Waals surface area contributed by atoms with Gasteiger partial charge in [-0.25, -0.2) is 0 Å². The minimum absolute atomic E-state index is 0.196. The molecule has 0 aromatic carbocycles. The van der Waals surface area contributed by atoms with E-state index in [-0.39, 0.29) is 4.47 Å². The van der Waals surface area contributed by atoms with Crippen LogP contribution in [0.5, 0.6) is 0 Å². The van der Waals surface area contributed by atoms with Gasteiger partial charge in [-0.05, 0) is 4.47 Å². The van der Waals surface area contributed by atoms with Gasteiger partial charge in [0.2, 0.25) is 5.69 Å². The van der Waals surface area contributed by atoms with E-state index in [0.717, 1.165) is 0 Å². The Bertz CT molecular complexity index is 313. The van der Waals surface area contributed by atoms with Crippen LogP contribution < -0.4 is 11.2 Å². The fourth-order valence-electron chi connectivity index (χ4n) is 0.358. The van der Waals surface area contributed by atoms with Gasteiger partial charge in [0, 0.05) is 0 Å². The number of aromatic amines is 2. The van der Waals surface area contributed by atoms with Crippen molar-refractivity contribution in [2.45, 2.75) is 0 Å². The van der Waals surface area contributed by atoms with Crippen LogP contribution in [0.15, 0.2) is 14.1 Å². The molecule has 48 valence electrons. The first-order chi connectivity index (χ1) is 4.20. The smallest absolute Gasteiger partial charge is 0.210 e. The lowest BCUT2D eigenvalue weighted by Crippen LogP contribution is -2.21. The molecule has 0 saturated carbocycles. The third kappa shape index (κ3) is 1.29. The van der Waals surface area contributed by atoms with E-state index in [4.69, 9.17) is 0 Å². The number of aromatic nitrogens is 2. The van der Waals surface area contributed by atoms with Gasteiger partial charge in [0.1, 0.15) is 0 Å². The number of H-pyrrole nitrogens is 2. The minimum Gasteiger partial charge on any atom is -0.421 e. The number of nitrogens with one attached hydrogen (secondary N) is 2. The van der Waals surface area contributed by atoms with Gasteiger partial charge in [0.25, 0.3) is 0 Å². The molecular weight excluding hydrogens is 188 g/mol. The summed E-state index contributed by atoms with van der Waals surface area (Å²) in [6.45, 7) is 0. The SMILES string of the molecule is O=c1[nH][c-]c(Br)c(=O)[nH]1. The third-order valence-corrected chi connectivity index (χ3v) is 1.27. The molecule has 0 unspecified atom stereocenters. The Morgan fingerprint density at radius 1 is 1.44 bits per heavy atom. The Hall–Kier alpha value is -0.840. The lowest BCUT2D eigenvalue weighted by atomic mass is 10.7. The highest BCUT2D eigenvalue weighted by atomic mass is 79.9. The Labute approximate surface area is 58.1 Å². The summed E-state index contributed by atoms with van der Waals surface area (Å²) >= 11 is 2.86. The molecule has 0 aliphatic carbocycles. The summed E-state index contributed by atoms with van der Waals surface area (Å²) in [5.41, 5.74) is -1.03. The van der Waals surface area contributed by atoms with Crippen molar-refractivity contribution in [3.05, 3.63) is 31.5 Å². The van der Waals surface area contributed by atoms with E-state index >= 15 is 0 Å². The maximum absolute atomic E-state index is 10.5. The predicted octanol–water partition coefficient (Wildman–Crippen LogP) is -0.374. The van der Waals surface area contributed by atoms with E-state index in [0.29, 0.717) is 0 Å². The fraction of sp³-hybridized carbons (Fsp3) is 0. The quantitative estimate of drug-likeness (QED) is 0.548.